The van der Waals surface area contributed by atoms with Gasteiger partial charge in [0.1, 0.15) is 12.0 Å². The maximum Gasteiger partial charge on any atom is 0.302 e. The molecule has 0 aromatic rings. The zero-order valence-electron chi connectivity index (χ0n) is 10.4. The number of fused-ring (bicyclic) bond motifs is 1. The van der Waals surface area contributed by atoms with Gasteiger partial charge >= 0.3 is 5.97 Å². The number of carbonyl (C=O) groups is 3. The second-order valence-corrected chi connectivity index (χ2v) is 5.19. The summed E-state index contributed by atoms with van der Waals surface area (Å²) in [6.45, 7) is 1.08. The van der Waals surface area contributed by atoms with Crippen LogP contribution < -0.4 is 5.11 Å². The van der Waals surface area contributed by atoms with E-state index in [1.54, 1.807) is 0 Å². The number of carbonyl (C=O) groups excluding carboxylic acids is 3. The van der Waals surface area contributed by atoms with Crippen LogP contribution in [0.4, 0.5) is 0 Å². The lowest BCUT2D eigenvalue weighted by Gasteiger charge is -2.49. The largest absolute Gasteiger partial charge is 0.543 e. The van der Waals surface area contributed by atoms with Crippen molar-refractivity contribution in [2.24, 2.45) is 0 Å². The van der Waals surface area contributed by atoms with Gasteiger partial charge in [-0.2, -0.15) is 0 Å². The standard InChI is InChI=1S/C11H13NO6S/c1-5(13)18-3-6-4-19-10-8(17-2)9(14)12(10)7(6)11(15)16/h8,10H,3-4H2,1-2H3,(H,15,16)/p-1/t8-,10+/m0/s1. The Kier molecular flexibility index (Phi) is 3.81. The molecule has 0 N–H and O–H groups in total. The third kappa shape index (κ3) is 2.33. The maximum atomic E-state index is 11.8. The molecule has 0 radical (unpaired) electrons. The predicted molar refractivity (Wildman–Crippen MR) is 62.6 cm³/mol. The first-order valence-electron chi connectivity index (χ1n) is 5.51. The van der Waals surface area contributed by atoms with Gasteiger partial charge in [-0.05, 0) is 0 Å². The van der Waals surface area contributed by atoms with Crippen LogP contribution in [0.25, 0.3) is 0 Å². The first-order valence-corrected chi connectivity index (χ1v) is 6.56. The number of β-lactam (4-membered cyclic amide) rings is 1. The van der Waals surface area contributed by atoms with E-state index in [9.17, 15) is 19.5 Å². The van der Waals surface area contributed by atoms with Crippen molar-refractivity contribution in [2.45, 2.75) is 18.4 Å². The number of nitrogens with zero attached hydrogens (tertiary/aromatic N) is 1. The van der Waals surface area contributed by atoms with Crippen molar-refractivity contribution in [3.63, 3.8) is 0 Å². The average Bonchev–Trinajstić information content (AvgIpc) is 2.35. The molecular weight excluding hydrogens is 274 g/mol. The number of thioether (sulfide) groups is 1. The van der Waals surface area contributed by atoms with E-state index in [4.69, 9.17) is 9.47 Å². The summed E-state index contributed by atoms with van der Waals surface area (Å²) >= 11 is 1.37. The Morgan fingerprint density at radius 2 is 2.21 bits per heavy atom. The molecular formula is C11H12NO6S-. The number of carboxylic acid groups (broad SMARTS) is 1. The molecule has 8 heteroatoms. The number of esters is 1. The Labute approximate surface area is 113 Å². The van der Waals surface area contributed by atoms with E-state index in [1.807, 2.05) is 0 Å². The molecule has 2 aliphatic heterocycles. The summed E-state index contributed by atoms with van der Waals surface area (Å²) < 4.78 is 9.78. The Hall–Kier alpha value is -1.54. The summed E-state index contributed by atoms with van der Waals surface area (Å²) in [6, 6.07) is 0. The van der Waals surface area contributed by atoms with Crippen LogP contribution in [0.15, 0.2) is 11.3 Å². The number of methoxy groups -OCH3 is 1. The van der Waals surface area contributed by atoms with Crippen LogP contribution in [0.1, 0.15) is 6.92 Å². The van der Waals surface area contributed by atoms with E-state index in [0.29, 0.717) is 11.3 Å². The Balaban J connectivity index is 2.25. The highest BCUT2D eigenvalue weighted by atomic mass is 32.2. The molecule has 19 heavy (non-hydrogen) atoms. The monoisotopic (exact) mass is 286 g/mol. The normalized spacial score (nSPS) is 25.8. The van der Waals surface area contributed by atoms with Crippen LogP contribution in [0.3, 0.4) is 0 Å². The summed E-state index contributed by atoms with van der Waals surface area (Å²) in [5.41, 5.74) is 0.155. The van der Waals surface area contributed by atoms with Gasteiger partial charge in [-0.3, -0.25) is 14.5 Å². The van der Waals surface area contributed by atoms with Gasteiger partial charge in [-0.25, -0.2) is 0 Å². The number of rotatable bonds is 4. The van der Waals surface area contributed by atoms with Gasteiger partial charge in [0.25, 0.3) is 5.91 Å². The van der Waals surface area contributed by atoms with Crippen LogP contribution in [0.2, 0.25) is 0 Å². The molecule has 1 amide bonds. The quantitative estimate of drug-likeness (QED) is 0.457. The predicted octanol–water partition coefficient (Wildman–Crippen LogP) is -1.52. The molecule has 7 nitrogen and oxygen atoms in total. The van der Waals surface area contributed by atoms with Crippen LogP contribution in [-0.2, 0) is 23.9 Å². The van der Waals surface area contributed by atoms with Gasteiger partial charge in [0.05, 0.1) is 11.7 Å². The van der Waals surface area contributed by atoms with Gasteiger partial charge in [0.15, 0.2) is 6.10 Å². The van der Waals surface area contributed by atoms with Gasteiger partial charge in [-0.15, -0.1) is 11.8 Å². The van der Waals surface area contributed by atoms with Gasteiger partial charge in [-0.1, -0.05) is 0 Å². The maximum absolute atomic E-state index is 11.8. The zero-order chi connectivity index (χ0) is 14.2. The average molecular weight is 286 g/mol. The van der Waals surface area contributed by atoms with E-state index >= 15 is 0 Å². The highest BCUT2D eigenvalue weighted by molar-refractivity contribution is 8.00. The number of carboxylic acids is 1. The Bertz CT molecular complexity index is 474. The molecule has 2 heterocycles. The third-order valence-electron chi connectivity index (χ3n) is 2.90. The van der Waals surface area contributed by atoms with Crippen LogP contribution >= 0.6 is 11.8 Å². The number of hydrogen-bond acceptors (Lipinski definition) is 7. The van der Waals surface area contributed by atoms with Crippen LogP contribution in [-0.4, -0.2) is 53.7 Å². The summed E-state index contributed by atoms with van der Waals surface area (Å²) in [4.78, 5) is 34.9. The van der Waals surface area contributed by atoms with Crippen molar-refractivity contribution in [3.8, 4) is 0 Å². The molecule has 2 aliphatic rings. The summed E-state index contributed by atoms with van der Waals surface area (Å²) in [5.74, 6) is -2.03. The number of ether oxygens (including phenoxy) is 2. The first kappa shape index (κ1) is 13.9. The molecule has 0 saturated carbocycles. The minimum Gasteiger partial charge on any atom is -0.543 e. The van der Waals surface area contributed by atoms with Gasteiger partial charge in [0.2, 0.25) is 0 Å². The fourth-order valence-electron chi connectivity index (χ4n) is 2.02. The molecule has 2 atom stereocenters. The Morgan fingerprint density at radius 1 is 1.53 bits per heavy atom. The van der Waals surface area contributed by atoms with Crippen LogP contribution in [0, 0.1) is 0 Å². The molecule has 0 aromatic heterocycles. The highest BCUT2D eigenvalue weighted by Gasteiger charge is 2.52. The fraction of sp³-hybridized carbons (Fsp3) is 0.545. The van der Waals surface area contributed by atoms with E-state index in [2.05, 4.69) is 0 Å². The second kappa shape index (κ2) is 5.22. The first-order chi connectivity index (χ1) is 8.97. The lowest BCUT2D eigenvalue weighted by atomic mass is 10.1. The number of amides is 1. The zero-order valence-corrected chi connectivity index (χ0v) is 11.2. The summed E-state index contributed by atoms with van der Waals surface area (Å²) in [5, 5.41) is 10.8. The minimum absolute atomic E-state index is 0.153. The number of hydrogen-bond donors (Lipinski definition) is 0. The van der Waals surface area contributed by atoms with E-state index in [-0.39, 0.29) is 17.7 Å². The molecule has 0 aromatic carbocycles. The molecule has 104 valence electrons. The SMILES string of the molecule is CO[C@H]1C(=O)N2C(C(=O)[O-])=C(COC(C)=O)CS[C@H]12. The lowest BCUT2D eigenvalue weighted by molar-refractivity contribution is -0.302. The molecule has 0 unspecified atom stereocenters. The van der Waals surface area contributed by atoms with Crippen molar-refractivity contribution in [2.75, 3.05) is 19.5 Å². The Morgan fingerprint density at radius 3 is 2.74 bits per heavy atom. The molecule has 0 aliphatic carbocycles. The summed E-state index contributed by atoms with van der Waals surface area (Å²) in [6.07, 6.45) is -0.630. The van der Waals surface area contributed by atoms with E-state index in [1.165, 1.54) is 25.8 Å². The second-order valence-electron chi connectivity index (χ2n) is 4.09. The van der Waals surface area contributed by atoms with Crippen molar-refractivity contribution in [1.82, 2.24) is 4.90 Å². The lowest BCUT2D eigenvalue weighted by Crippen LogP contribution is -2.66. The molecule has 1 fully saturated rings. The van der Waals surface area contributed by atoms with E-state index < -0.39 is 23.9 Å². The molecule has 1 saturated heterocycles. The number of aliphatic carboxylic acids is 1. The molecule has 2 rings (SSSR count). The van der Waals surface area contributed by atoms with Crippen molar-refractivity contribution >= 4 is 29.6 Å². The molecule has 0 bridgehead atoms. The fourth-order valence-corrected chi connectivity index (χ4v) is 3.37. The van der Waals surface area contributed by atoms with Crippen molar-refractivity contribution in [1.29, 1.82) is 0 Å². The van der Waals surface area contributed by atoms with Crippen molar-refractivity contribution in [3.05, 3.63) is 11.3 Å². The van der Waals surface area contributed by atoms with Crippen LogP contribution in [0.5, 0.6) is 0 Å². The third-order valence-corrected chi connectivity index (χ3v) is 4.21. The topological polar surface area (TPSA) is 96.0 Å². The molecule has 0 spiro atoms. The van der Waals surface area contributed by atoms with Gasteiger partial charge < -0.3 is 19.4 Å². The van der Waals surface area contributed by atoms with Crippen molar-refractivity contribution < 1.29 is 29.0 Å². The summed E-state index contributed by atoms with van der Waals surface area (Å²) in [7, 11) is 1.40. The van der Waals surface area contributed by atoms with Gasteiger partial charge in [0, 0.05) is 25.4 Å². The minimum atomic E-state index is -1.45. The smallest absolute Gasteiger partial charge is 0.302 e. The highest BCUT2D eigenvalue weighted by Crippen LogP contribution is 2.41. The van der Waals surface area contributed by atoms with E-state index in [0.717, 1.165) is 4.90 Å².